The van der Waals surface area contributed by atoms with E-state index in [1.54, 1.807) is 0 Å². The van der Waals surface area contributed by atoms with E-state index < -0.39 is 21.1 Å². The Hall–Kier alpha value is -2.12. The van der Waals surface area contributed by atoms with Crippen molar-refractivity contribution in [2.45, 2.75) is 66.2 Å². The van der Waals surface area contributed by atoms with E-state index in [0.717, 1.165) is 50.0 Å². The summed E-state index contributed by atoms with van der Waals surface area (Å²) < 4.78 is 17.2. The number of hydrogen-bond donors (Lipinski definition) is 0. The Morgan fingerprint density at radius 1 is 0.576 bits per heavy atom. The van der Waals surface area contributed by atoms with E-state index >= 15 is 0 Å². The van der Waals surface area contributed by atoms with Gasteiger partial charge >= 0.3 is 206 Å². The van der Waals surface area contributed by atoms with Gasteiger partial charge in [0, 0.05) is 0 Å². The molecule has 0 heterocycles. The SMILES string of the molecule is CCC1=[C]([Zr]([O]c2ccc(CC)cc2)([O]c2ccc(CC)cc2)[C]2=C(CC)C=CC2)CC=C1. The third-order valence-electron chi connectivity index (χ3n) is 6.80. The molecule has 2 aromatic rings. The molecule has 0 saturated carbocycles. The molecule has 2 aliphatic rings. The van der Waals surface area contributed by atoms with Crippen LogP contribution in [0.1, 0.15) is 64.5 Å². The van der Waals surface area contributed by atoms with Crippen molar-refractivity contribution in [3.8, 4) is 11.5 Å². The van der Waals surface area contributed by atoms with Crippen LogP contribution >= 0.6 is 0 Å². The van der Waals surface area contributed by atoms with Crippen LogP contribution < -0.4 is 5.63 Å². The van der Waals surface area contributed by atoms with Crippen LogP contribution in [0, 0.1) is 0 Å². The van der Waals surface area contributed by atoms with Crippen molar-refractivity contribution in [2.24, 2.45) is 0 Å². The van der Waals surface area contributed by atoms with Crippen LogP contribution in [-0.4, -0.2) is 0 Å². The fraction of sp³-hybridized carbons (Fsp3) is 0.333. The van der Waals surface area contributed by atoms with Gasteiger partial charge < -0.3 is 0 Å². The van der Waals surface area contributed by atoms with Crippen LogP contribution in [0.5, 0.6) is 11.5 Å². The van der Waals surface area contributed by atoms with Gasteiger partial charge in [-0.1, -0.05) is 0 Å². The molecule has 3 heteroatoms. The Labute approximate surface area is 205 Å². The fourth-order valence-corrected chi connectivity index (χ4v) is 14.6. The third-order valence-corrected chi connectivity index (χ3v) is 15.9. The molecule has 0 N–H and O–H groups in total. The first-order valence-electron chi connectivity index (χ1n) is 12.5. The quantitative estimate of drug-likeness (QED) is 0.313. The second kappa shape index (κ2) is 10.9. The average molecular weight is 520 g/mol. The normalized spacial score (nSPS) is 15.6. The van der Waals surface area contributed by atoms with E-state index in [1.165, 1.54) is 28.8 Å². The van der Waals surface area contributed by atoms with Gasteiger partial charge in [0.2, 0.25) is 0 Å². The molecular formula is C30H36O2Zr. The van der Waals surface area contributed by atoms with Gasteiger partial charge in [0.25, 0.3) is 0 Å². The number of aryl methyl sites for hydroxylation is 2. The van der Waals surface area contributed by atoms with Crippen molar-refractivity contribution in [1.29, 1.82) is 0 Å². The van der Waals surface area contributed by atoms with Gasteiger partial charge in [-0.25, -0.2) is 0 Å². The van der Waals surface area contributed by atoms with Crippen molar-refractivity contribution in [1.82, 2.24) is 0 Å². The van der Waals surface area contributed by atoms with Crippen molar-refractivity contribution in [3.05, 3.63) is 102 Å². The minimum absolute atomic E-state index is 0.929. The molecule has 0 radical (unpaired) electrons. The molecule has 0 bridgehead atoms. The second-order valence-corrected chi connectivity index (χ2v) is 15.7. The Morgan fingerprint density at radius 3 is 1.30 bits per heavy atom. The Kier molecular flexibility index (Phi) is 7.91. The van der Waals surface area contributed by atoms with Gasteiger partial charge in [-0.15, -0.1) is 0 Å². The molecule has 2 nitrogen and oxygen atoms in total. The molecular weight excluding hydrogens is 484 g/mol. The summed E-state index contributed by atoms with van der Waals surface area (Å²) in [6.07, 6.45) is 15.1. The summed E-state index contributed by atoms with van der Waals surface area (Å²) in [6.45, 7) is 8.87. The van der Waals surface area contributed by atoms with Crippen LogP contribution in [0.2, 0.25) is 0 Å². The summed E-state index contributed by atoms with van der Waals surface area (Å²) in [5.41, 5.74) is 5.45. The van der Waals surface area contributed by atoms with Crippen LogP contribution in [0.4, 0.5) is 0 Å². The van der Waals surface area contributed by atoms with Gasteiger partial charge in [-0.05, 0) is 0 Å². The van der Waals surface area contributed by atoms with Crippen molar-refractivity contribution >= 4 is 0 Å². The number of benzene rings is 2. The van der Waals surface area contributed by atoms with Crippen LogP contribution in [-0.2, 0) is 34.0 Å². The van der Waals surface area contributed by atoms with Crippen LogP contribution in [0.15, 0.2) is 90.5 Å². The molecule has 4 rings (SSSR count). The van der Waals surface area contributed by atoms with E-state index in [1.807, 2.05) is 0 Å². The summed E-state index contributed by atoms with van der Waals surface area (Å²) in [7, 11) is 0. The van der Waals surface area contributed by atoms with Crippen molar-refractivity contribution in [2.75, 3.05) is 0 Å². The number of hydrogen-bond acceptors (Lipinski definition) is 2. The van der Waals surface area contributed by atoms with Gasteiger partial charge in [-0.2, -0.15) is 0 Å². The van der Waals surface area contributed by atoms with E-state index in [-0.39, 0.29) is 0 Å². The molecule has 0 fully saturated rings. The second-order valence-electron chi connectivity index (χ2n) is 8.74. The molecule has 0 aromatic heterocycles. The van der Waals surface area contributed by atoms with Gasteiger partial charge in [0.15, 0.2) is 0 Å². The Morgan fingerprint density at radius 2 is 0.970 bits per heavy atom. The first-order chi connectivity index (χ1) is 16.1. The van der Waals surface area contributed by atoms with E-state index in [0.29, 0.717) is 0 Å². The van der Waals surface area contributed by atoms with Crippen molar-refractivity contribution < 1.29 is 26.8 Å². The summed E-state index contributed by atoms with van der Waals surface area (Å²) in [5.74, 6) is 1.86. The van der Waals surface area contributed by atoms with E-state index in [9.17, 15) is 0 Å². The maximum absolute atomic E-state index is 7.19. The van der Waals surface area contributed by atoms with Crippen molar-refractivity contribution in [3.63, 3.8) is 0 Å². The van der Waals surface area contributed by atoms with Gasteiger partial charge in [-0.3, -0.25) is 0 Å². The van der Waals surface area contributed by atoms with Gasteiger partial charge in [0.05, 0.1) is 0 Å². The molecule has 0 amide bonds. The zero-order valence-corrected chi connectivity index (χ0v) is 22.9. The first-order valence-corrected chi connectivity index (χ1v) is 16.9. The Bertz CT molecular complexity index is 996. The summed E-state index contributed by atoms with van der Waals surface area (Å²) in [5, 5.41) is 0. The standard InChI is InChI=1S/2C8H10O.2C7H9.Zr/c2*1-2-7-3-5-8(9)6-4-7;2*1-2-7-5-3-4-6-7;/h2*3-6,9H,2H2,1H3;2*3,5H,2,4H2,1H3;/q;;;;+2/p-2. The van der Waals surface area contributed by atoms with Crippen LogP contribution in [0.3, 0.4) is 0 Å². The van der Waals surface area contributed by atoms with Crippen LogP contribution in [0.25, 0.3) is 0 Å². The predicted octanol–water partition coefficient (Wildman–Crippen LogP) is 8.50. The monoisotopic (exact) mass is 518 g/mol. The molecule has 0 spiro atoms. The third kappa shape index (κ3) is 5.04. The summed E-state index contributed by atoms with van der Waals surface area (Å²) >= 11 is -4.04. The first kappa shape index (κ1) is 24.0. The Balaban J connectivity index is 1.88. The molecule has 33 heavy (non-hydrogen) atoms. The van der Waals surface area contributed by atoms with E-state index in [2.05, 4.69) is 101 Å². The zero-order chi connectivity index (χ0) is 23.3. The summed E-state index contributed by atoms with van der Waals surface area (Å²) in [6, 6.07) is 17.3. The molecule has 0 unspecified atom stereocenters. The molecule has 172 valence electrons. The molecule has 2 aromatic carbocycles. The number of rotatable bonds is 10. The topological polar surface area (TPSA) is 18.5 Å². The maximum atomic E-state index is 7.19. The molecule has 2 aliphatic carbocycles. The van der Waals surface area contributed by atoms with Gasteiger partial charge in [0.1, 0.15) is 0 Å². The molecule has 0 atom stereocenters. The average Bonchev–Trinajstić information content (AvgIpc) is 3.54. The zero-order valence-electron chi connectivity index (χ0n) is 20.5. The number of allylic oxidation sites excluding steroid dienone is 8. The molecule has 0 saturated heterocycles. The van der Waals surface area contributed by atoms with E-state index in [4.69, 9.17) is 5.63 Å². The minimum atomic E-state index is -4.04. The summed E-state index contributed by atoms with van der Waals surface area (Å²) in [4.78, 5) is 0. The fourth-order valence-electron chi connectivity index (χ4n) is 4.82. The predicted molar refractivity (Wildman–Crippen MR) is 135 cm³/mol. The molecule has 0 aliphatic heterocycles.